The van der Waals surface area contributed by atoms with Crippen molar-refractivity contribution in [3.05, 3.63) is 84.4 Å². The fourth-order valence-corrected chi connectivity index (χ4v) is 5.85. The number of hydrogen-bond donors (Lipinski definition) is 1. The molecule has 9 nitrogen and oxygen atoms in total. The molecule has 40 heavy (non-hydrogen) atoms. The van der Waals surface area contributed by atoms with Crippen LogP contribution in [0.15, 0.2) is 83.8 Å². The summed E-state index contributed by atoms with van der Waals surface area (Å²) in [5, 5.41) is 2.80. The number of carbonyl (C=O) groups excluding carboxylic acids is 2. The SMILES string of the molecule is CCNC(=O)[C@H](CC)N(CCc1ccccc1)C(=O)CN(c1ccccc1)S(=O)(=O)c1ccc(OC)c(OC)c1. The van der Waals surface area contributed by atoms with Gasteiger partial charge in [0.05, 0.1) is 24.8 Å². The summed E-state index contributed by atoms with van der Waals surface area (Å²) >= 11 is 0. The summed E-state index contributed by atoms with van der Waals surface area (Å²) in [5.41, 5.74) is 1.32. The summed E-state index contributed by atoms with van der Waals surface area (Å²) in [7, 11) is -1.34. The minimum atomic E-state index is -4.22. The molecule has 3 aromatic carbocycles. The molecule has 2 amide bonds. The van der Waals surface area contributed by atoms with Gasteiger partial charge in [-0.05, 0) is 49.6 Å². The highest BCUT2D eigenvalue weighted by atomic mass is 32.2. The zero-order valence-corrected chi connectivity index (χ0v) is 24.2. The van der Waals surface area contributed by atoms with E-state index in [0.717, 1.165) is 9.87 Å². The minimum absolute atomic E-state index is 0.0617. The van der Waals surface area contributed by atoms with Crippen LogP contribution in [-0.2, 0) is 26.0 Å². The molecule has 0 aliphatic carbocycles. The highest BCUT2D eigenvalue weighted by Gasteiger charge is 2.33. The van der Waals surface area contributed by atoms with E-state index in [2.05, 4.69) is 5.32 Å². The number of rotatable bonds is 14. The average Bonchev–Trinajstić information content (AvgIpc) is 2.98. The second kappa shape index (κ2) is 14.4. The third kappa shape index (κ3) is 7.32. The zero-order chi connectivity index (χ0) is 29.1. The molecule has 0 saturated heterocycles. The molecule has 0 aliphatic rings. The fraction of sp³-hybridized carbons (Fsp3) is 0.333. The number of ether oxygens (including phenoxy) is 2. The number of carbonyl (C=O) groups is 2. The second-order valence-electron chi connectivity index (χ2n) is 9.01. The van der Waals surface area contributed by atoms with E-state index in [1.165, 1.54) is 37.3 Å². The standard InChI is InChI=1S/C30H37N3O6S/c1-5-26(30(35)31-6-2)32(20-19-23-13-9-7-10-14-23)29(34)22-33(24-15-11-8-12-16-24)40(36,37)25-17-18-27(38-3)28(21-25)39-4/h7-18,21,26H,5-6,19-20,22H2,1-4H3,(H,31,35)/t26-/m0/s1. The molecule has 0 bridgehead atoms. The molecule has 1 atom stereocenters. The summed E-state index contributed by atoms with van der Waals surface area (Å²) in [6, 6.07) is 21.6. The quantitative estimate of drug-likeness (QED) is 0.317. The number of para-hydroxylation sites is 1. The molecule has 0 saturated carbocycles. The van der Waals surface area contributed by atoms with E-state index < -0.39 is 28.5 Å². The number of methoxy groups -OCH3 is 2. The van der Waals surface area contributed by atoms with Gasteiger partial charge in [-0.1, -0.05) is 55.5 Å². The highest BCUT2D eigenvalue weighted by molar-refractivity contribution is 7.92. The molecule has 1 N–H and O–H groups in total. The van der Waals surface area contributed by atoms with Gasteiger partial charge in [-0.15, -0.1) is 0 Å². The first kappa shape index (κ1) is 30.5. The Labute approximate surface area is 236 Å². The van der Waals surface area contributed by atoms with Gasteiger partial charge in [-0.25, -0.2) is 8.42 Å². The van der Waals surface area contributed by atoms with Crippen LogP contribution in [0, 0.1) is 0 Å². The summed E-state index contributed by atoms with van der Waals surface area (Å²) in [6.07, 6.45) is 0.885. The number of benzene rings is 3. The molecular weight excluding hydrogens is 530 g/mol. The Bertz CT molecular complexity index is 1370. The molecule has 3 rings (SSSR count). The van der Waals surface area contributed by atoms with Gasteiger partial charge in [0.1, 0.15) is 12.6 Å². The molecule has 214 valence electrons. The van der Waals surface area contributed by atoms with Gasteiger partial charge in [-0.2, -0.15) is 0 Å². The molecule has 0 spiro atoms. The summed E-state index contributed by atoms with van der Waals surface area (Å²) in [4.78, 5) is 28.4. The first-order valence-corrected chi connectivity index (χ1v) is 14.6. The second-order valence-corrected chi connectivity index (χ2v) is 10.9. The van der Waals surface area contributed by atoms with Crippen molar-refractivity contribution < 1.29 is 27.5 Å². The van der Waals surface area contributed by atoms with Crippen molar-refractivity contribution in [1.29, 1.82) is 0 Å². The van der Waals surface area contributed by atoms with Crippen LogP contribution in [0.3, 0.4) is 0 Å². The van der Waals surface area contributed by atoms with Crippen molar-refractivity contribution in [1.82, 2.24) is 10.2 Å². The maximum absolute atomic E-state index is 14.0. The Morgan fingerprint density at radius 3 is 2.08 bits per heavy atom. The van der Waals surface area contributed by atoms with Crippen LogP contribution in [0.25, 0.3) is 0 Å². The number of hydrogen-bond acceptors (Lipinski definition) is 6. The van der Waals surface area contributed by atoms with Gasteiger partial charge < -0.3 is 19.7 Å². The molecule has 0 heterocycles. The molecule has 10 heteroatoms. The van der Waals surface area contributed by atoms with Crippen LogP contribution >= 0.6 is 0 Å². The van der Waals surface area contributed by atoms with Crippen molar-refractivity contribution in [3.8, 4) is 11.5 Å². The van der Waals surface area contributed by atoms with Gasteiger partial charge in [0.25, 0.3) is 10.0 Å². The van der Waals surface area contributed by atoms with E-state index in [1.54, 1.807) is 30.3 Å². The van der Waals surface area contributed by atoms with E-state index in [1.807, 2.05) is 44.2 Å². The van der Waals surface area contributed by atoms with Crippen molar-refractivity contribution in [2.24, 2.45) is 0 Å². The first-order valence-electron chi connectivity index (χ1n) is 13.2. The third-order valence-corrected chi connectivity index (χ3v) is 8.26. The van der Waals surface area contributed by atoms with Crippen LogP contribution in [-0.4, -0.2) is 65.0 Å². The molecule has 0 aromatic heterocycles. The van der Waals surface area contributed by atoms with Gasteiger partial charge in [0.2, 0.25) is 11.8 Å². The van der Waals surface area contributed by atoms with E-state index in [9.17, 15) is 18.0 Å². The van der Waals surface area contributed by atoms with Crippen LogP contribution in [0.5, 0.6) is 11.5 Å². The van der Waals surface area contributed by atoms with Crippen molar-refractivity contribution in [2.75, 3.05) is 38.2 Å². The highest BCUT2D eigenvalue weighted by Crippen LogP contribution is 2.32. The van der Waals surface area contributed by atoms with Crippen molar-refractivity contribution in [3.63, 3.8) is 0 Å². The Kier molecular flexibility index (Phi) is 11.0. The topological polar surface area (TPSA) is 105 Å². The number of anilines is 1. The first-order chi connectivity index (χ1) is 19.3. The van der Waals surface area contributed by atoms with Gasteiger partial charge in [0.15, 0.2) is 11.5 Å². The normalized spacial score (nSPS) is 11.8. The third-order valence-electron chi connectivity index (χ3n) is 6.49. The lowest BCUT2D eigenvalue weighted by molar-refractivity contribution is -0.139. The molecule has 0 aliphatic heterocycles. The van der Waals surface area contributed by atoms with Gasteiger partial charge in [-0.3, -0.25) is 13.9 Å². The number of likely N-dealkylation sites (N-methyl/N-ethyl adjacent to an activating group) is 1. The lowest BCUT2D eigenvalue weighted by atomic mass is 10.1. The summed E-state index contributed by atoms with van der Waals surface area (Å²) in [5.74, 6) is -0.138. The Balaban J connectivity index is 2.02. The molecular formula is C30H37N3O6S. The van der Waals surface area contributed by atoms with E-state index in [0.29, 0.717) is 30.8 Å². The monoisotopic (exact) mass is 567 g/mol. The van der Waals surface area contributed by atoms with Crippen LogP contribution in [0.4, 0.5) is 5.69 Å². The lowest BCUT2D eigenvalue weighted by Gasteiger charge is -2.33. The smallest absolute Gasteiger partial charge is 0.264 e. The van der Waals surface area contributed by atoms with Crippen LogP contribution in [0.2, 0.25) is 0 Å². The molecule has 0 unspecified atom stereocenters. The predicted octanol–water partition coefficient (Wildman–Crippen LogP) is 3.89. The van der Waals surface area contributed by atoms with Crippen LogP contribution in [0.1, 0.15) is 25.8 Å². The molecule has 0 radical (unpaired) electrons. The number of amides is 2. The number of sulfonamides is 1. The van der Waals surface area contributed by atoms with Crippen LogP contribution < -0.4 is 19.1 Å². The maximum Gasteiger partial charge on any atom is 0.264 e. The Hall–Kier alpha value is -4.05. The number of nitrogens with one attached hydrogen (secondary N) is 1. The Morgan fingerprint density at radius 1 is 0.875 bits per heavy atom. The zero-order valence-electron chi connectivity index (χ0n) is 23.4. The van der Waals surface area contributed by atoms with E-state index in [4.69, 9.17) is 9.47 Å². The lowest BCUT2D eigenvalue weighted by Crippen LogP contribution is -2.53. The van der Waals surface area contributed by atoms with E-state index in [-0.39, 0.29) is 23.1 Å². The average molecular weight is 568 g/mol. The predicted molar refractivity (Wildman–Crippen MR) is 155 cm³/mol. The molecule has 3 aromatic rings. The Morgan fingerprint density at radius 2 is 1.50 bits per heavy atom. The summed E-state index contributed by atoms with van der Waals surface area (Å²) in [6.45, 7) is 3.81. The van der Waals surface area contributed by atoms with Crippen molar-refractivity contribution >= 4 is 27.5 Å². The van der Waals surface area contributed by atoms with E-state index >= 15 is 0 Å². The van der Waals surface area contributed by atoms with Gasteiger partial charge in [0, 0.05) is 19.2 Å². The maximum atomic E-state index is 14.0. The largest absolute Gasteiger partial charge is 0.493 e. The number of nitrogens with zero attached hydrogens (tertiary/aromatic N) is 2. The van der Waals surface area contributed by atoms with Crippen molar-refractivity contribution in [2.45, 2.75) is 37.6 Å². The summed E-state index contributed by atoms with van der Waals surface area (Å²) < 4.78 is 39.6. The molecule has 0 fully saturated rings. The van der Waals surface area contributed by atoms with Gasteiger partial charge >= 0.3 is 0 Å². The fourth-order valence-electron chi connectivity index (χ4n) is 4.42. The minimum Gasteiger partial charge on any atom is -0.493 e.